The Morgan fingerprint density at radius 3 is 2.50 bits per heavy atom. The predicted octanol–water partition coefficient (Wildman–Crippen LogP) is 1.88. The van der Waals surface area contributed by atoms with Crippen LogP contribution in [0.3, 0.4) is 0 Å². The smallest absolute Gasteiger partial charge is 0.203 e. The number of benzene rings is 1. The van der Waals surface area contributed by atoms with E-state index in [1.807, 2.05) is 6.07 Å². The molecule has 0 fully saturated rings. The summed E-state index contributed by atoms with van der Waals surface area (Å²) in [6.45, 7) is 0.652. The van der Waals surface area contributed by atoms with Crippen LogP contribution in [0.1, 0.15) is 24.4 Å². The van der Waals surface area contributed by atoms with E-state index in [-0.39, 0.29) is 6.04 Å². The lowest BCUT2D eigenvalue weighted by atomic mass is 10.0. The first-order chi connectivity index (χ1) is 8.72. The van der Waals surface area contributed by atoms with Crippen molar-refractivity contribution in [2.75, 3.05) is 27.9 Å². The zero-order chi connectivity index (χ0) is 13.1. The predicted molar refractivity (Wildman–Crippen MR) is 67.8 cm³/mol. The van der Waals surface area contributed by atoms with Crippen molar-refractivity contribution in [1.29, 1.82) is 0 Å². The molecule has 2 N–H and O–H groups in total. The molecular formula is C13H19NO4. The molecule has 5 nitrogen and oxygen atoms in total. The Labute approximate surface area is 107 Å². The van der Waals surface area contributed by atoms with Gasteiger partial charge in [0.05, 0.1) is 33.5 Å². The lowest BCUT2D eigenvalue weighted by Gasteiger charge is -2.20. The number of hydrogen-bond acceptors (Lipinski definition) is 5. The van der Waals surface area contributed by atoms with Gasteiger partial charge >= 0.3 is 0 Å². The molecule has 0 aliphatic carbocycles. The maximum Gasteiger partial charge on any atom is 0.203 e. The van der Waals surface area contributed by atoms with Crippen molar-refractivity contribution in [3.63, 3.8) is 0 Å². The van der Waals surface area contributed by atoms with Gasteiger partial charge in [-0.15, -0.1) is 0 Å². The fourth-order valence-electron chi connectivity index (χ4n) is 2.26. The van der Waals surface area contributed by atoms with Crippen LogP contribution in [0.4, 0.5) is 0 Å². The van der Waals surface area contributed by atoms with Crippen LogP contribution in [0.25, 0.3) is 0 Å². The molecule has 1 heterocycles. The van der Waals surface area contributed by atoms with Gasteiger partial charge in [-0.05, 0) is 12.8 Å². The third-order valence-corrected chi connectivity index (χ3v) is 3.12. The minimum atomic E-state index is -0.114. The second kappa shape index (κ2) is 5.35. The molecule has 1 atom stereocenters. The van der Waals surface area contributed by atoms with Crippen molar-refractivity contribution in [3.8, 4) is 23.0 Å². The highest BCUT2D eigenvalue weighted by atomic mass is 16.5. The monoisotopic (exact) mass is 253 g/mol. The SMILES string of the molecule is COc1cc2c(c(OC)c1OC)C(N)CCCO2. The maximum absolute atomic E-state index is 6.18. The number of rotatable bonds is 3. The normalized spacial score (nSPS) is 18.3. The molecule has 1 aromatic rings. The highest BCUT2D eigenvalue weighted by Gasteiger charge is 2.27. The van der Waals surface area contributed by atoms with Crippen LogP contribution < -0.4 is 24.7 Å². The van der Waals surface area contributed by atoms with Gasteiger partial charge in [0.1, 0.15) is 5.75 Å². The molecule has 0 spiro atoms. The van der Waals surface area contributed by atoms with Gasteiger partial charge in [0.15, 0.2) is 11.5 Å². The Hall–Kier alpha value is -1.62. The van der Waals surface area contributed by atoms with Gasteiger partial charge in [0.25, 0.3) is 0 Å². The molecule has 0 aromatic heterocycles. The van der Waals surface area contributed by atoms with Crippen molar-refractivity contribution in [2.45, 2.75) is 18.9 Å². The van der Waals surface area contributed by atoms with Crippen LogP contribution in [0.15, 0.2) is 6.07 Å². The second-order valence-electron chi connectivity index (χ2n) is 4.15. The maximum atomic E-state index is 6.18. The minimum absolute atomic E-state index is 0.114. The summed E-state index contributed by atoms with van der Waals surface area (Å²) < 4.78 is 21.8. The van der Waals surface area contributed by atoms with Crippen LogP contribution in [0.5, 0.6) is 23.0 Å². The van der Waals surface area contributed by atoms with E-state index in [0.717, 1.165) is 24.2 Å². The second-order valence-corrected chi connectivity index (χ2v) is 4.15. The van der Waals surface area contributed by atoms with Crippen molar-refractivity contribution >= 4 is 0 Å². The first-order valence-electron chi connectivity index (χ1n) is 5.94. The summed E-state index contributed by atoms with van der Waals surface area (Å²) in [4.78, 5) is 0. The molecule has 18 heavy (non-hydrogen) atoms. The Bertz CT molecular complexity index is 433. The summed E-state index contributed by atoms with van der Waals surface area (Å²) in [5.41, 5.74) is 7.04. The van der Waals surface area contributed by atoms with E-state index >= 15 is 0 Å². The van der Waals surface area contributed by atoms with Crippen LogP contribution in [0.2, 0.25) is 0 Å². The molecule has 0 amide bonds. The fraction of sp³-hybridized carbons (Fsp3) is 0.538. The molecule has 2 rings (SSSR count). The summed E-state index contributed by atoms with van der Waals surface area (Å²) in [5, 5.41) is 0. The first kappa shape index (κ1) is 12.8. The molecule has 0 radical (unpaired) electrons. The third-order valence-electron chi connectivity index (χ3n) is 3.12. The Morgan fingerprint density at radius 2 is 1.89 bits per heavy atom. The fourth-order valence-corrected chi connectivity index (χ4v) is 2.26. The third kappa shape index (κ3) is 2.06. The summed E-state index contributed by atoms with van der Waals surface area (Å²) in [5.74, 6) is 2.46. The van der Waals surface area contributed by atoms with Crippen LogP contribution in [-0.4, -0.2) is 27.9 Å². The number of methoxy groups -OCH3 is 3. The molecule has 1 aliphatic heterocycles. The van der Waals surface area contributed by atoms with Crippen LogP contribution >= 0.6 is 0 Å². The van der Waals surface area contributed by atoms with Gasteiger partial charge in [-0.25, -0.2) is 0 Å². The first-order valence-corrected chi connectivity index (χ1v) is 5.94. The van der Waals surface area contributed by atoms with Crippen LogP contribution in [-0.2, 0) is 0 Å². The van der Waals surface area contributed by atoms with E-state index in [2.05, 4.69) is 0 Å². The molecular weight excluding hydrogens is 234 g/mol. The largest absolute Gasteiger partial charge is 0.493 e. The Balaban J connectivity index is 2.64. The van der Waals surface area contributed by atoms with Crippen molar-refractivity contribution in [2.24, 2.45) is 5.73 Å². The zero-order valence-corrected chi connectivity index (χ0v) is 11.0. The summed E-state index contributed by atoms with van der Waals surface area (Å²) in [6.07, 6.45) is 1.78. The Kier molecular flexibility index (Phi) is 3.81. The number of nitrogens with two attached hydrogens (primary N) is 1. The van der Waals surface area contributed by atoms with E-state index in [1.165, 1.54) is 0 Å². The zero-order valence-electron chi connectivity index (χ0n) is 11.0. The molecule has 0 saturated heterocycles. The number of hydrogen-bond donors (Lipinski definition) is 1. The molecule has 100 valence electrons. The van der Waals surface area contributed by atoms with Gasteiger partial charge in [0, 0.05) is 12.1 Å². The van der Waals surface area contributed by atoms with Crippen molar-refractivity contribution in [1.82, 2.24) is 0 Å². The van der Waals surface area contributed by atoms with Crippen molar-refractivity contribution in [3.05, 3.63) is 11.6 Å². The van der Waals surface area contributed by atoms with E-state index in [4.69, 9.17) is 24.7 Å². The van der Waals surface area contributed by atoms with E-state index in [1.54, 1.807) is 21.3 Å². The molecule has 0 bridgehead atoms. The molecule has 1 unspecified atom stereocenters. The van der Waals surface area contributed by atoms with E-state index < -0.39 is 0 Å². The highest BCUT2D eigenvalue weighted by molar-refractivity contribution is 5.62. The highest BCUT2D eigenvalue weighted by Crippen LogP contribution is 2.48. The topological polar surface area (TPSA) is 62.9 Å². The van der Waals surface area contributed by atoms with Gasteiger partial charge in [-0.3, -0.25) is 0 Å². The summed E-state index contributed by atoms with van der Waals surface area (Å²) in [7, 11) is 4.76. The average Bonchev–Trinajstić information content (AvgIpc) is 2.58. The Morgan fingerprint density at radius 1 is 1.17 bits per heavy atom. The van der Waals surface area contributed by atoms with E-state index in [9.17, 15) is 0 Å². The van der Waals surface area contributed by atoms with Gasteiger partial charge in [0.2, 0.25) is 5.75 Å². The average molecular weight is 253 g/mol. The minimum Gasteiger partial charge on any atom is -0.493 e. The van der Waals surface area contributed by atoms with Gasteiger partial charge in [-0.1, -0.05) is 0 Å². The summed E-state index contributed by atoms with van der Waals surface area (Å²) >= 11 is 0. The molecule has 1 aromatic carbocycles. The lowest BCUT2D eigenvalue weighted by molar-refractivity contribution is 0.300. The molecule has 0 saturated carbocycles. The van der Waals surface area contributed by atoms with Gasteiger partial charge in [-0.2, -0.15) is 0 Å². The standard InChI is InChI=1S/C13H19NO4/c1-15-10-7-9-11(8(14)5-4-6-18-9)13(17-3)12(10)16-2/h7-8H,4-6,14H2,1-3H3. The van der Waals surface area contributed by atoms with Crippen molar-refractivity contribution < 1.29 is 18.9 Å². The number of fused-ring (bicyclic) bond motifs is 1. The quantitative estimate of drug-likeness (QED) is 0.891. The lowest BCUT2D eigenvalue weighted by Crippen LogP contribution is -2.11. The molecule has 1 aliphatic rings. The summed E-state index contributed by atoms with van der Waals surface area (Å²) in [6, 6.07) is 1.69. The molecule has 5 heteroatoms. The van der Waals surface area contributed by atoms with Gasteiger partial charge < -0.3 is 24.7 Å². The van der Waals surface area contributed by atoms with Crippen LogP contribution in [0, 0.1) is 0 Å². The van der Waals surface area contributed by atoms with E-state index in [0.29, 0.717) is 23.9 Å². The number of ether oxygens (including phenoxy) is 4.